The first kappa shape index (κ1) is 22.1. The van der Waals surface area contributed by atoms with Gasteiger partial charge < -0.3 is 4.74 Å². The van der Waals surface area contributed by atoms with E-state index >= 15 is 0 Å². The Labute approximate surface area is 191 Å². The van der Waals surface area contributed by atoms with Gasteiger partial charge in [-0.15, -0.1) is 22.7 Å². The molecule has 0 aliphatic rings. The summed E-state index contributed by atoms with van der Waals surface area (Å²) in [6, 6.07) is 6.18. The van der Waals surface area contributed by atoms with Crippen LogP contribution in [-0.4, -0.2) is 28.3 Å². The molecule has 5 nitrogen and oxygen atoms in total. The summed E-state index contributed by atoms with van der Waals surface area (Å²) in [4.78, 5) is 23.6. The van der Waals surface area contributed by atoms with Gasteiger partial charge in [0, 0.05) is 35.1 Å². The summed E-state index contributed by atoms with van der Waals surface area (Å²) in [5, 5.41) is 6.31. The molecule has 0 aliphatic heterocycles. The van der Waals surface area contributed by atoms with Crippen LogP contribution < -0.4 is 5.56 Å². The van der Waals surface area contributed by atoms with Gasteiger partial charge in [0.1, 0.15) is 10.6 Å². The van der Waals surface area contributed by atoms with Crippen molar-refractivity contribution < 1.29 is 9.13 Å². The van der Waals surface area contributed by atoms with Gasteiger partial charge in [-0.2, -0.15) is 0 Å². The smallest absolute Gasteiger partial charge is 0.263 e. The maximum Gasteiger partial charge on any atom is 0.263 e. The molecule has 0 saturated heterocycles. The topological polar surface area (TPSA) is 57.0 Å². The number of halogens is 1. The molecule has 0 N–H and O–H groups in total. The second kappa shape index (κ2) is 9.60. The van der Waals surface area contributed by atoms with E-state index < -0.39 is 0 Å². The molecule has 31 heavy (non-hydrogen) atoms. The number of aromatic nitrogens is 3. The van der Waals surface area contributed by atoms with Crippen LogP contribution in [0.4, 0.5) is 4.39 Å². The normalized spacial score (nSPS) is 11.6. The highest BCUT2D eigenvalue weighted by molar-refractivity contribution is 7.98. The average Bonchev–Trinajstić information content (AvgIpc) is 3.40. The lowest BCUT2D eigenvalue weighted by atomic mass is 10.1. The van der Waals surface area contributed by atoms with Gasteiger partial charge in [0.25, 0.3) is 5.56 Å². The zero-order valence-electron chi connectivity index (χ0n) is 17.4. The molecule has 3 aromatic heterocycles. The largest absolute Gasteiger partial charge is 0.383 e. The molecule has 4 rings (SSSR count). The van der Waals surface area contributed by atoms with Crippen LogP contribution >= 0.6 is 34.4 Å². The highest BCUT2D eigenvalue weighted by Crippen LogP contribution is 2.33. The molecule has 0 fully saturated rings. The van der Waals surface area contributed by atoms with E-state index in [4.69, 9.17) is 9.72 Å². The van der Waals surface area contributed by atoms with Crippen LogP contribution in [0.1, 0.15) is 30.5 Å². The summed E-state index contributed by atoms with van der Waals surface area (Å²) in [7, 11) is 1.61. The van der Waals surface area contributed by atoms with Crippen molar-refractivity contribution in [3.63, 3.8) is 0 Å². The molecule has 0 spiro atoms. The van der Waals surface area contributed by atoms with Gasteiger partial charge in [-0.25, -0.2) is 14.4 Å². The minimum atomic E-state index is -0.305. The molecule has 0 aliphatic carbocycles. The van der Waals surface area contributed by atoms with Crippen molar-refractivity contribution in [3.8, 4) is 11.1 Å². The maximum absolute atomic E-state index is 13.5. The van der Waals surface area contributed by atoms with Crippen LogP contribution in [0.3, 0.4) is 0 Å². The maximum atomic E-state index is 13.5. The summed E-state index contributed by atoms with van der Waals surface area (Å²) in [5.41, 5.74) is 2.46. The number of rotatable bonds is 8. The number of methoxy groups -OCH3 is 1. The third-order valence-electron chi connectivity index (χ3n) is 4.75. The van der Waals surface area contributed by atoms with Gasteiger partial charge in [0.05, 0.1) is 29.2 Å². The summed E-state index contributed by atoms with van der Waals surface area (Å²) in [6.07, 6.45) is 0. The van der Waals surface area contributed by atoms with Gasteiger partial charge in [0.15, 0.2) is 5.16 Å². The molecule has 0 saturated carbocycles. The molecule has 9 heteroatoms. The number of nitrogens with zero attached hydrogens (tertiary/aromatic N) is 3. The molecule has 0 bridgehead atoms. The molecular weight excluding hydrogens is 453 g/mol. The van der Waals surface area contributed by atoms with Crippen LogP contribution in [0.15, 0.2) is 45.0 Å². The quantitative estimate of drug-likeness (QED) is 0.239. The molecule has 162 valence electrons. The second-order valence-electron chi connectivity index (χ2n) is 7.30. The SMILES string of the molecule is COCCn1c(SCc2csc(C(C)C)n2)nc2scc(-c3ccc(F)cc3)c2c1=O. The Morgan fingerprint density at radius 1 is 1.16 bits per heavy atom. The lowest BCUT2D eigenvalue weighted by Crippen LogP contribution is -2.25. The number of thiophene rings is 1. The summed E-state index contributed by atoms with van der Waals surface area (Å²) in [6.45, 7) is 5.07. The Morgan fingerprint density at radius 2 is 1.94 bits per heavy atom. The van der Waals surface area contributed by atoms with Crippen molar-refractivity contribution in [2.75, 3.05) is 13.7 Å². The van der Waals surface area contributed by atoms with E-state index in [0.717, 1.165) is 21.8 Å². The summed E-state index contributed by atoms with van der Waals surface area (Å²) < 4.78 is 20.2. The molecule has 0 atom stereocenters. The minimum absolute atomic E-state index is 0.105. The van der Waals surface area contributed by atoms with E-state index in [1.807, 2.05) is 5.38 Å². The molecular formula is C22H22FN3O2S3. The van der Waals surface area contributed by atoms with E-state index in [-0.39, 0.29) is 11.4 Å². The van der Waals surface area contributed by atoms with E-state index in [1.165, 1.54) is 35.2 Å². The third kappa shape index (κ3) is 4.74. The number of benzene rings is 1. The molecule has 1 aromatic carbocycles. The molecule has 0 radical (unpaired) electrons. The predicted octanol–water partition coefficient (Wildman–Crippen LogP) is 5.78. The standard InChI is InChI=1S/C22H22FN3O2S3/c1-13(2)19-24-16(10-29-19)11-31-22-25-20-18(21(27)26(22)8-9-28-3)17(12-30-20)14-4-6-15(23)7-5-14/h4-7,10,12-13H,8-9,11H2,1-3H3. The van der Waals surface area contributed by atoms with Gasteiger partial charge in [0.2, 0.25) is 0 Å². The zero-order chi connectivity index (χ0) is 22.0. The lowest BCUT2D eigenvalue weighted by Gasteiger charge is -2.12. The first-order valence-electron chi connectivity index (χ1n) is 9.82. The average molecular weight is 476 g/mol. The minimum Gasteiger partial charge on any atom is -0.383 e. The van der Waals surface area contributed by atoms with Gasteiger partial charge >= 0.3 is 0 Å². The fraction of sp³-hybridized carbons (Fsp3) is 0.318. The van der Waals surface area contributed by atoms with Gasteiger partial charge in [-0.05, 0) is 17.7 Å². The number of thioether (sulfide) groups is 1. The van der Waals surface area contributed by atoms with Crippen LogP contribution in [0, 0.1) is 5.82 Å². The zero-order valence-corrected chi connectivity index (χ0v) is 19.9. The Kier molecular flexibility index (Phi) is 6.86. The van der Waals surface area contributed by atoms with Gasteiger partial charge in [-0.3, -0.25) is 9.36 Å². The van der Waals surface area contributed by atoms with Crippen LogP contribution in [0.25, 0.3) is 21.3 Å². The highest BCUT2D eigenvalue weighted by atomic mass is 32.2. The van der Waals surface area contributed by atoms with Gasteiger partial charge in [-0.1, -0.05) is 37.7 Å². The summed E-state index contributed by atoms with van der Waals surface area (Å²) in [5.74, 6) is 0.735. The fourth-order valence-electron chi connectivity index (χ4n) is 3.13. The van der Waals surface area contributed by atoms with E-state index in [0.29, 0.717) is 40.2 Å². The number of ether oxygens (including phenoxy) is 1. The first-order chi connectivity index (χ1) is 15.0. The molecule has 3 heterocycles. The summed E-state index contributed by atoms with van der Waals surface area (Å²) >= 11 is 4.60. The lowest BCUT2D eigenvalue weighted by molar-refractivity contribution is 0.183. The Balaban J connectivity index is 1.72. The second-order valence-corrected chi connectivity index (χ2v) is 9.99. The molecule has 4 aromatic rings. The highest BCUT2D eigenvalue weighted by Gasteiger charge is 2.18. The predicted molar refractivity (Wildman–Crippen MR) is 127 cm³/mol. The number of hydrogen-bond donors (Lipinski definition) is 0. The third-order valence-corrected chi connectivity index (χ3v) is 7.82. The van der Waals surface area contributed by atoms with Crippen molar-refractivity contribution in [1.82, 2.24) is 14.5 Å². The first-order valence-corrected chi connectivity index (χ1v) is 12.6. The van der Waals surface area contributed by atoms with E-state index in [9.17, 15) is 9.18 Å². The number of fused-ring (bicyclic) bond motifs is 1. The Bertz CT molecular complexity index is 1250. The number of thiazole rings is 1. The van der Waals surface area contributed by atoms with Crippen molar-refractivity contribution >= 4 is 44.7 Å². The number of hydrogen-bond acceptors (Lipinski definition) is 7. The van der Waals surface area contributed by atoms with E-state index in [1.54, 1.807) is 35.1 Å². The Hall–Kier alpha value is -2.07. The van der Waals surface area contributed by atoms with Crippen LogP contribution in [0.2, 0.25) is 0 Å². The van der Waals surface area contributed by atoms with Crippen molar-refractivity contribution in [3.05, 3.63) is 61.9 Å². The van der Waals surface area contributed by atoms with Crippen molar-refractivity contribution in [2.24, 2.45) is 0 Å². The van der Waals surface area contributed by atoms with Crippen molar-refractivity contribution in [2.45, 2.75) is 37.2 Å². The van der Waals surface area contributed by atoms with E-state index in [2.05, 4.69) is 24.2 Å². The fourth-order valence-corrected chi connectivity index (χ4v) is 5.98. The Morgan fingerprint density at radius 3 is 2.61 bits per heavy atom. The van der Waals surface area contributed by atoms with Crippen molar-refractivity contribution in [1.29, 1.82) is 0 Å². The molecule has 0 amide bonds. The monoisotopic (exact) mass is 475 g/mol. The van der Waals surface area contributed by atoms with Crippen LogP contribution in [0.5, 0.6) is 0 Å². The van der Waals surface area contributed by atoms with Crippen LogP contribution in [-0.2, 0) is 17.0 Å². The molecule has 0 unspecified atom stereocenters.